The van der Waals surface area contributed by atoms with Crippen LogP contribution in [0.1, 0.15) is 24.0 Å². The van der Waals surface area contributed by atoms with Crippen LogP contribution in [0.3, 0.4) is 0 Å². The predicted molar refractivity (Wildman–Crippen MR) is 77.9 cm³/mol. The van der Waals surface area contributed by atoms with E-state index in [9.17, 15) is 13.2 Å². The zero-order chi connectivity index (χ0) is 14.6. The standard InChI is InChI=1S/C14H20N2O3S/c15-9-12-5-2-1-4-11(12)8-14(17)16-13-6-3-7-20(18,19)10-13/h1-2,4-5,13H,3,6-10,15H2,(H,16,17). The molecule has 1 amide bonds. The molecule has 1 saturated heterocycles. The van der Waals surface area contributed by atoms with E-state index in [2.05, 4.69) is 5.32 Å². The lowest BCUT2D eigenvalue weighted by Crippen LogP contribution is -2.43. The maximum absolute atomic E-state index is 12.0. The zero-order valence-electron chi connectivity index (χ0n) is 11.3. The first-order valence-electron chi connectivity index (χ1n) is 6.77. The molecular formula is C14H20N2O3S. The van der Waals surface area contributed by atoms with Crippen molar-refractivity contribution in [3.63, 3.8) is 0 Å². The van der Waals surface area contributed by atoms with Crippen molar-refractivity contribution in [1.29, 1.82) is 0 Å². The molecule has 0 bridgehead atoms. The molecule has 1 aliphatic heterocycles. The van der Waals surface area contributed by atoms with Crippen molar-refractivity contribution in [3.8, 4) is 0 Å². The van der Waals surface area contributed by atoms with Crippen LogP contribution in [0.2, 0.25) is 0 Å². The van der Waals surface area contributed by atoms with Crippen LogP contribution in [-0.4, -0.2) is 31.9 Å². The molecule has 1 aromatic rings. The Morgan fingerprint density at radius 3 is 2.65 bits per heavy atom. The number of benzene rings is 1. The van der Waals surface area contributed by atoms with E-state index in [0.29, 0.717) is 13.0 Å². The van der Waals surface area contributed by atoms with Crippen LogP contribution in [0.25, 0.3) is 0 Å². The van der Waals surface area contributed by atoms with Gasteiger partial charge in [-0.3, -0.25) is 4.79 Å². The maximum atomic E-state index is 12.0. The normalized spacial score (nSPS) is 21.4. The number of nitrogens with one attached hydrogen (secondary N) is 1. The van der Waals surface area contributed by atoms with Gasteiger partial charge in [0.1, 0.15) is 0 Å². The Hall–Kier alpha value is -1.40. The number of amides is 1. The van der Waals surface area contributed by atoms with Gasteiger partial charge in [0.25, 0.3) is 0 Å². The van der Waals surface area contributed by atoms with E-state index >= 15 is 0 Å². The van der Waals surface area contributed by atoms with Crippen molar-refractivity contribution in [1.82, 2.24) is 5.32 Å². The molecule has 20 heavy (non-hydrogen) atoms. The number of carbonyl (C=O) groups excluding carboxylic acids is 1. The second-order valence-electron chi connectivity index (χ2n) is 5.17. The molecule has 1 aromatic carbocycles. The average Bonchev–Trinajstić information content (AvgIpc) is 2.38. The summed E-state index contributed by atoms with van der Waals surface area (Å²) in [5, 5.41) is 2.82. The van der Waals surface area contributed by atoms with Crippen LogP contribution >= 0.6 is 0 Å². The van der Waals surface area contributed by atoms with Gasteiger partial charge >= 0.3 is 0 Å². The number of hydrogen-bond donors (Lipinski definition) is 2. The van der Waals surface area contributed by atoms with Gasteiger partial charge in [-0.2, -0.15) is 0 Å². The van der Waals surface area contributed by atoms with Gasteiger partial charge in [-0.1, -0.05) is 24.3 Å². The molecule has 110 valence electrons. The quantitative estimate of drug-likeness (QED) is 0.840. The largest absolute Gasteiger partial charge is 0.352 e. The van der Waals surface area contributed by atoms with Crippen molar-refractivity contribution in [2.24, 2.45) is 5.73 Å². The average molecular weight is 296 g/mol. The minimum absolute atomic E-state index is 0.0529. The first-order valence-corrected chi connectivity index (χ1v) is 8.59. The number of nitrogens with two attached hydrogens (primary N) is 1. The molecule has 6 heteroatoms. The lowest BCUT2D eigenvalue weighted by Gasteiger charge is -2.23. The predicted octanol–water partition coefficient (Wildman–Crippen LogP) is 0.381. The van der Waals surface area contributed by atoms with E-state index in [1.54, 1.807) is 0 Å². The Labute approximate surface area is 119 Å². The van der Waals surface area contributed by atoms with Crippen molar-refractivity contribution >= 4 is 15.7 Å². The molecule has 1 atom stereocenters. The van der Waals surface area contributed by atoms with Gasteiger partial charge in [0, 0.05) is 12.6 Å². The topological polar surface area (TPSA) is 89.3 Å². The third-order valence-electron chi connectivity index (χ3n) is 3.52. The molecule has 1 aliphatic rings. The van der Waals surface area contributed by atoms with Crippen LogP contribution < -0.4 is 11.1 Å². The van der Waals surface area contributed by atoms with Crippen LogP contribution in [0.5, 0.6) is 0 Å². The summed E-state index contributed by atoms with van der Waals surface area (Å²) in [4.78, 5) is 12.0. The zero-order valence-corrected chi connectivity index (χ0v) is 12.2. The summed E-state index contributed by atoms with van der Waals surface area (Å²) in [6, 6.07) is 7.27. The molecule has 0 aromatic heterocycles. The Kier molecular flexibility index (Phi) is 4.77. The van der Waals surface area contributed by atoms with Gasteiger partial charge in [-0.15, -0.1) is 0 Å². The highest BCUT2D eigenvalue weighted by molar-refractivity contribution is 7.91. The monoisotopic (exact) mass is 296 g/mol. The third kappa shape index (κ3) is 4.05. The minimum atomic E-state index is -3.00. The van der Waals surface area contributed by atoms with Gasteiger partial charge < -0.3 is 11.1 Å². The highest BCUT2D eigenvalue weighted by Crippen LogP contribution is 2.13. The fraction of sp³-hybridized carbons (Fsp3) is 0.500. The molecule has 0 spiro atoms. The van der Waals surface area contributed by atoms with E-state index in [-0.39, 0.29) is 29.9 Å². The Morgan fingerprint density at radius 2 is 2.00 bits per heavy atom. The summed E-state index contributed by atoms with van der Waals surface area (Å²) in [5.41, 5.74) is 7.47. The number of rotatable bonds is 4. The molecular weight excluding hydrogens is 276 g/mol. The summed E-state index contributed by atoms with van der Waals surface area (Å²) in [6.07, 6.45) is 1.58. The van der Waals surface area contributed by atoms with E-state index in [0.717, 1.165) is 17.5 Å². The Bertz CT molecular complexity index is 584. The third-order valence-corrected chi connectivity index (χ3v) is 5.34. The minimum Gasteiger partial charge on any atom is -0.352 e. The first kappa shape index (κ1) is 15.0. The molecule has 1 heterocycles. The summed E-state index contributed by atoms with van der Waals surface area (Å²) in [7, 11) is -3.00. The maximum Gasteiger partial charge on any atom is 0.224 e. The van der Waals surface area contributed by atoms with Crippen molar-refractivity contribution in [2.45, 2.75) is 31.8 Å². The van der Waals surface area contributed by atoms with E-state index < -0.39 is 9.84 Å². The number of hydrogen-bond acceptors (Lipinski definition) is 4. The summed E-state index contributed by atoms with van der Waals surface area (Å²) in [6.45, 7) is 0.390. The highest BCUT2D eigenvalue weighted by Gasteiger charge is 2.25. The van der Waals surface area contributed by atoms with Gasteiger partial charge in [-0.05, 0) is 24.0 Å². The molecule has 2 rings (SSSR count). The second-order valence-corrected chi connectivity index (χ2v) is 7.40. The smallest absolute Gasteiger partial charge is 0.224 e. The van der Waals surface area contributed by atoms with Gasteiger partial charge in [0.05, 0.1) is 17.9 Å². The van der Waals surface area contributed by atoms with Gasteiger partial charge in [-0.25, -0.2) is 8.42 Å². The van der Waals surface area contributed by atoms with Crippen molar-refractivity contribution in [3.05, 3.63) is 35.4 Å². The summed E-state index contributed by atoms with van der Waals surface area (Å²) >= 11 is 0. The first-order chi connectivity index (χ1) is 9.50. The van der Waals surface area contributed by atoms with Crippen molar-refractivity contribution in [2.75, 3.05) is 11.5 Å². The van der Waals surface area contributed by atoms with Gasteiger partial charge in [0.15, 0.2) is 9.84 Å². The van der Waals surface area contributed by atoms with E-state index in [1.807, 2.05) is 24.3 Å². The molecule has 0 saturated carbocycles. The van der Waals surface area contributed by atoms with E-state index in [4.69, 9.17) is 5.73 Å². The number of sulfone groups is 1. The molecule has 0 aliphatic carbocycles. The number of carbonyl (C=O) groups is 1. The lowest BCUT2D eigenvalue weighted by atomic mass is 10.0. The van der Waals surface area contributed by atoms with Crippen LogP contribution in [0.15, 0.2) is 24.3 Å². The molecule has 0 radical (unpaired) electrons. The fourth-order valence-electron chi connectivity index (χ4n) is 2.52. The van der Waals surface area contributed by atoms with Crippen LogP contribution in [0, 0.1) is 0 Å². The summed E-state index contributed by atoms with van der Waals surface area (Å²) < 4.78 is 23.1. The Morgan fingerprint density at radius 1 is 1.30 bits per heavy atom. The van der Waals surface area contributed by atoms with Crippen LogP contribution in [-0.2, 0) is 27.6 Å². The van der Waals surface area contributed by atoms with Crippen molar-refractivity contribution < 1.29 is 13.2 Å². The SMILES string of the molecule is NCc1ccccc1CC(=O)NC1CCCS(=O)(=O)C1. The molecule has 1 unspecified atom stereocenters. The fourth-order valence-corrected chi connectivity index (χ4v) is 4.15. The summed E-state index contributed by atoms with van der Waals surface area (Å²) in [5.74, 6) is 0.139. The lowest BCUT2D eigenvalue weighted by molar-refractivity contribution is -0.121. The van der Waals surface area contributed by atoms with Crippen LogP contribution in [0.4, 0.5) is 0 Å². The highest BCUT2D eigenvalue weighted by atomic mass is 32.2. The molecule has 5 nitrogen and oxygen atoms in total. The second kappa shape index (κ2) is 6.37. The van der Waals surface area contributed by atoms with E-state index in [1.165, 1.54) is 0 Å². The van der Waals surface area contributed by atoms with Gasteiger partial charge in [0.2, 0.25) is 5.91 Å². The Balaban J connectivity index is 1.95. The molecule has 3 N–H and O–H groups in total. The molecule has 1 fully saturated rings.